The number of alkyl halides is 3. The van der Waals surface area contributed by atoms with Gasteiger partial charge in [0.15, 0.2) is 0 Å². The van der Waals surface area contributed by atoms with Crippen LogP contribution < -0.4 is 10.2 Å². The van der Waals surface area contributed by atoms with Crippen LogP contribution >= 0.6 is 11.6 Å². The first-order valence-corrected chi connectivity index (χ1v) is 11.2. The molecule has 1 aliphatic rings. The van der Waals surface area contributed by atoms with Gasteiger partial charge in [-0.3, -0.25) is 19.4 Å². The number of hydrogen-bond acceptors (Lipinski definition) is 5. The van der Waals surface area contributed by atoms with Crippen molar-refractivity contribution in [2.75, 3.05) is 56.0 Å². The third kappa shape index (κ3) is 7.63. The molecule has 0 radical (unpaired) electrons. The van der Waals surface area contributed by atoms with Crippen LogP contribution in [0, 0.1) is 5.82 Å². The van der Waals surface area contributed by atoms with Crippen LogP contribution in [0.25, 0.3) is 0 Å². The molecule has 2 N–H and O–H groups in total. The molecular weight excluding hydrogens is 492 g/mol. The Morgan fingerprint density at radius 1 is 1.14 bits per heavy atom. The Balaban J connectivity index is 1.45. The zero-order valence-electron chi connectivity index (χ0n) is 18.6. The minimum absolute atomic E-state index is 0.00284. The van der Waals surface area contributed by atoms with Crippen LogP contribution in [0.2, 0.25) is 5.02 Å². The zero-order valence-corrected chi connectivity index (χ0v) is 19.4. The number of amides is 2. The molecule has 1 aliphatic heterocycles. The smallest absolute Gasteiger partial charge is 0.390 e. The lowest BCUT2D eigenvalue weighted by Gasteiger charge is -2.35. The number of β-amino-alcohol motifs (C(OH)–C–C–N with tert-alkyl or cyclic N) is 1. The number of piperazine rings is 1. The standard InChI is InChI=1S/C23H25ClF4N4O3/c24-19-6-5-16(11-18(19)23(26,27)28)29-22(35)14-31-9-7-30(8-10-31)12-17(34)13-32(15-33)21-4-2-1-3-20(21)25/h1-6,11,15,17,34H,7-10,12-14H2,(H,29,35). The first-order chi connectivity index (χ1) is 16.6. The van der Waals surface area contributed by atoms with E-state index in [1.165, 1.54) is 24.3 Å². The quantitative estimate of drug-likeness (QED) is 0.396. The Morgan fingerprint density at radius 3 is 2.43 bits per heavy atom. The summed E-state index contributed by atoms with van der Waals surface area (Å²) in [6.45, 7) is 2.23. The molecule has 2 aromatic rings. The summed E-state index contributed by atoms with van der Waals surface area (Å²) in [6, 6.07) is 8.97. The molecule has 7 nitrogen and oxygen atoms in total. The zero-order chi connectivity index (χ0) is 25.6. The summed E-state index contributed by atoms with van der Waals surface area (Å²) >= 11 is 5.60. The second-order valence-corrected chi connectivity index (χ2v) is 8.59. The van der Waals surface area contributed by atoms with E-state index in [1.807, 2.05) is 9.80 Å². The van der Waals surface area contributed by atoms with Gasteiger partial charge in [-0.05, 0) is 30.3 Å². The highest BCUT2D eigenvalue weighted by molar-refractivity contribution is 6.31. The summed E-state index contributed by atoms with van der Waals surface area (Å²) in [7, 11) is 0. The Kier molecular flexibility index (Phi) is 9.06. The van der Waals surface area contributed by atoms with Crippen molar-refractivity contribution in [2.45, 2.75) is 12.3 Å². The summed E-state index contributed by atoms with van der Waals surface area (Å²) in [5, 5.41) is 12.4. The molecule has 0 aromatic heterocycles. The summed E-state index contributed by atoms with van der Waals surface area (Å²) in [5.74, 6) is -1.02. The van der Waals surface area contributed by atoms with Crippen LogP contribution in [0.4, 0.5) is 28.9 Å². The van der Waals surface area contributed by atoms with Crippen molar-refractivity contribution >= 4 is 35.3 Å². The molecule has 0 spiro atoms. The van der Waals surface area contributed by atoms with E-state index >= 15 is 0 Å². The number of benzene rings is 2. The van der Waals surface area contributed by atoms with Gasteiger partial charge < -0.3 is 15.3 Å². The van der Waals surface area contributed by atoms with Gasteiger partial charge in [-0.1, -0.05) is 23.7 Å². The number of nitrogens with one attached hydrogen (secondary N) is 1. The largest absolute Gasteiger partial charge is 0.417 e. The Hall–Kier alpha value is -2.73. The number of carbonyl (C=O) groups is 2. The molecule has 2 amide bonds. The number of para-hydroxylation sites is 1. The third-order valence-corrected chi connectivity index (χ3v) is 5.88. The maximum absolute atomic E-state index is 13.9. The predicted octanol–water partition coefficient (Wildman–Crippen LogP) is 3.08. The Bertz CT molecular complexity index is 1030. The Morgan fingerprint density at radius 2 is 1.80 bits per heavy atom. The van der Waals surface area contributed by atoms with E-state index < -0.39 is 34.6 Å². The van der Waals surface area contributed by atoms with E-state index in [0.717, 1.165) is 17.0 Å². The number of aliphatic hydroxyl groups excluding tert-OH is 1. The molecule has 1 heterocycles. The highest BCUT2D eigenvalue weighted by atomic mass is 35.5. The fourth-order valence-corrected chi connectivity index (χ4v) is 4.04. The minimum Gasteiger partial charge on any atom is -0.390 e. The highest BCUT2D eigenvalue weighted by Crippen LogP contribution is 2.36. The van der Waals surface area contributed by atoms with Gasteiger partial charge >= 0.3 is 6.18 Å². The van der Waals surface area contributed by atoms with E-state index in [4.69, 9.17) is 11.6 Å². The number of aliphatic hydroxyl groups is 1. The first kappa shape index (κ1) is 26.9. The predicted molar refractivity (Wildman–Crippen MR) is 124 cm³/mol. The first-order valence-electron chi connectivity index (χ1n) is 10.8. The maximum atomic E-state index is 13.9. The molecule has 0 saturated carbocycles. The van der Waals surface area contributed by atoms with Crippen molar-refractivity contribution in [3.63, 3.8) is 0 Å². The Labute approximate surface area is 204 Å². The highest BCUT2D eigenvalue weighted by Gasteiger charge is 2.33. The SMILES string of the molecule is O=CN(CC(O)CN1CCN(CC(=O)Nc2ccc(Cl)c(C(F)(F)F)c2)CC1)c1ccccc1F. The van der Waals surface area contributed by atoms with Crippen LogP contribution in [0.5, 0.6) is 0 Å². The van der Waals surface area contributed by atoms with Crippen molar-refractivity contribution in [1.82, 2.24) is 9.80 Å². The van der Waals surface area contributed by atoms with Gasteiger partial charge in [0.05, 0.1) is 35.5 Å². The number of halogens is 5. The molecule has 0 aliphatic carbocycles. The van der Waals surface area contributed by atoms with Crippen molar-refractivity contribution in [3.8, 4) is 0 Å². The number of anilines is 2. The molecule has 190 valence electrons. The van der Waals surface area contributed by atoms with Gasteiger partial charge in [-0.2, -0.15) is 13.2 Å². The molecule has 35 heavy (non-hydrogen) atoms. The second kappa shape index (κ2) is 11.8. The fourth-order valence-electron chi connectivity index (χ4n) is 3.82. The lowest BCUT2D eigenvalue weighted by atomic mass is 10.2. The average molecular weight is 517 g/mol. The van der Waals surface area contributed by atoms with Crippen molar-refractivity contribution < 1.29 is 32.3 Å². The van der Waals surface area contributed by atoms with Crippen molar-refractivity contribution in [1.29, 1.82) is 0 Å². The van der Waals surface area contributed by atoms with Crippen molar-refractivity contribution in [3.05, 3.63) is 58.9 Å². The topological polar surface area (TPSA) is 76.1 Å². The third-order valence-electron chi connectivity index (χ3n) is 5.55. The van der Waals surface area contributed by atoms with Crippen LogP contribution in [0.15, 0.2) is 42.5 Å². The molecule has 1 fully saturated rings. The van der Waals surface area contributed by atoms with E-state index in [1.54, 1.807) is 6.07 Å². The van der Waals surface area contributed by atoms with Gasteiger partial charge in [0, 0.05) is 38.4 Å². The van der Waals surface area contributed by atoms with Gasteiger partial charge in [0.1, 0.15) is 5.82 Å². The molecule has 1 saturated heterocycles. The molecule has 2 aromatic carbocycles. The molecule has 3 rings (SSSR count). The van der Waals surface area contributed by atoms with E-state index in [0.29, 0.717) is 32.6 Å². The molecule has 1 atom stereocenters. The number of nitrogens with zero attached hydrogens (tertiary/aromatic N) is 3. The van der Waals surface area contributed by atoms with Crippen LogP contribution in [0.3, 0.4) is 0 Å². The van der Waals surface area contributed by atoms with Crippen LogP contribution in [-0.2, 0) is 15.8 Å². The fraction of sp³-hybridized carbons (Fsp3) is 0.391. The van der Waals surface area contributed by atoms with Crippen molar-refractivity contribution in [2.24, 2.45) is 0 Å². The van der Waals surface area contributed by atoms with E-state index in [-0.39, 0.29) is 31.0 Å². The molecule has 0 bridgehead atoms. The van der Waals surface area contributed by atoms with Gasteiger partial charge in [-0.15, -0.1) is 0 Å². The molecular formula is C23H25ClF4N4O3. The second-order valence-electron chi connectivity index (χ2n) is 8.18. The number of carbonyl (C=O) groups excluding carboxylic acids is 2. The van der Waals surface area contributed by atoms with Crippen LogP contribution in [0.1, 0.15) is 5.56 Å². The normalized spacial score (nSPS) is 16.1. The molecule has 12 heteroatoms. The maximum Gasteiger partial charge on any atom is 0.417 e. The summed E-state index contributed by atoms with van der Waals surface area (Å²) in [5.41, 5.74) is -0.934. The summed E-state index contributed by atoms with van der Waals surface area (Å²) in [4.78, 5) is 28.6. The summed E-state index contributed by atoms with van der Waals surface area (Å²) < 4.78 is 52.9. The number of rotatable bonds is 9. The average Bonchev–Trinajstić information content (AvgIpc) is 2.80. The number of hydrogen-bond donors (Lipinski definition) is 2. The monoisotopic (exact) mass is 516 g/mol. The van der Waals surface area contributed by atoms with Gasteiger partial charge in [0.25, 0.3) is 0 Å². The van der Waals surface area contributed by atoms with Gasteiger partial charge in [0.2, 0.25) is 12.3 Å². The van der Waals surface area contributed by atoms with Crippen LogP contribution in [-0.4, -0.2) is 79.1 Å². The van der Waals surface area contributed by atoms with E-state index in [9.17, 15) is 32.3 Å². The lowest BCUT2D eigenvalue weighted by molar-refractivity contribution is -0.137. The molecule has 1 unspecified atom stereocenters. The summed E-state index contributed by atoms with van der Waals surface area (Å²) in [6.07, 6.45) is -5.07. The lowest BCUT2D eigenvalue weighted by Crippen LogP contribution is -2.51. The van der Waals surface area contributed by atoms with Gasteiger partial charge in [-0.25, -0.2) is 4.39 Å². The minimum atomic E-state index is -4.63. The van der Waals surface area contributed by atoms with E-state index in [2.05, 4.69) is 5.32 Å².